The van der Waals surface area contributed by atoms with Crippen molar-refractivity contribution in [3.8, 4) is 0 Å². The molecule has 0 bridgehead atoms. The molecular formula is C16H15FN4O. The van der Waals surface area contributed by atoms with Gasteiger partial charge in [0.15, 0.2) is 0 Å². The molecule has 5 nitrogen and oxygen atoms in total. The van der Waals surface area contributed by atoms with Crippen LogP contribution in [0.5, 0.6) is 0 Å². The first-order valence-electron chi connectivity index (χ1n) is 6.81. The van der Waals surface area contributed by atoms with Crippen LogP contribution in [-0.4, -0.2) is 15.5 Å². The number of imidazole rings is 1. The summed E-state index contributed by atoms with van der Waals surface area (Å²) < 4.78 is 14.7. The largest absolute Gasteiger partial charge is 0.397 e. The normalized spacial score (nSPS) is 11.0. The van der Waals surface area contributed by atoms with Crippen molar-refractivity contribution in [3.63, 3.8) is 0 Å². The second-order valence-electron chi connectivity index (χ2n) is 5.10. The van der Waals surface area contributed by atoms with Crippen molar-refractivity contribution in [1.29, 1.82) is 0 Å². The molecule has 0 saturated heterocycles. The lowest BCUT2D eigenvalue weighted by atomic mass is 10.1. The van der Waals surface area contributed by atoms with Crippen LogP contribution in [0.25, 0.3) is 11.0 Å². The first-order valence-corrected chi connectivity index (χ1v) is 6.81. The van der Waals surface area contributed by atoms with Crippen molar-refractivity contribution < 1.29 is 9.18 Å². The Balaban J connectivity index is 2.08. The topological polar surface area (TPSA) is 86.9 Å². The zero-order valence-corrected chi connectivity index (χ0v) is 11.8. The minimum absolute atomic E-state index is 0.0243. The quantitative estimate of drug-likeness (QED) is 0.720. The Labute approximate surface area is 126 Å². The molecule has 1 aromatic heterocycles. The van der Waals surface area contributed by atoms with Crippen LogP contribution >= 0.6 is 0 Å². The zero-order chi connectivity index (χ0) is 15.7. The summed E-state index contributed by atoms with van der Waals surface area (Å²) in [5, 5.41) is 0. The third kappa shape index (κ3) is 2.63. The number of aromatic nitrogens is 2. The van der Waals surface area contributed by atoms with Crippen LogP contribution in [0.15, 0.2) is 42.5 Å². The van der Waals surface area contributed by atoms with Gasteiger partial charge >= 0.3 is 0 Å². The third-order valence-electron chi connectivity index (χ3n) is 3.48. The van der Waals surface area contributed by atoms with Gasteiger partial charge in [0.1, 0.15) is 23.7 Å². The number of primary amides is 1. The number of nitrogens with two attached hydrogens (primary N) is 2. The maximum Gasteiger partial charge on any atom is 0.237 e. The number of halogens is 1. The monoisotopic (exact) mass is 298 g/mol. The molecule has 0 atom stereocenters. The molecule has 6 heteroatoms. The minimum Gasteiger partial charge on any atom is -0.397 e. The van der Waals surface area contributed by atoms with Gasteiger partial charge in [-0.15, -0.1) is 0 Å². The number of fused-ring (bicyclic) bond motifs is 1. The molecule has 4 N–H and O–H groups in total. The number of rotatable bonds is 4. The second-order valence-corrected chi connectivity index (χ2v) is 5.10. The van der Waals surface area contributed by atoms with E-state index in [0.29, 0.717) is 23.4 Å². The van der Waals surface area contributed by atoms with Gasteiger partial charge in [-0.2, -0.15) is 0 Å². The Morgan fingerprint density at radius 2 is 1.91 bits per heavy atom. The van der Waals surface area contributed by atoms with E-state index in [1.54, 1.807) is 28.8 Å². The molecule has 0 saturated carbocycles. The molecule has 0 aliphatic heterocycles. The molecule has 1 heterocycles. The molecular weight excluding hydrogens is 283 g/mol. The van der Waals surface area contributed by atoms with Gasteiger partial charge in [-0.3, -0.25) is 4.79 Å². The molecule has 0 spiro atoms. The van der Waals surface area contributed by atoms with Gasteiger partial charge in [0.2, 0.25) is 5.91 Å². The highest BCUT2D eigenvalue weighted by molar-refractivity contribution is 5.88. The fourth-order valence-corrected chi connectivity index (χ4v) is 2.47. The molecule has 1 amide bonds. The molecule has 0 aliphatic rings. The fraction of sp³-hybridized carbons (Fsp3) is 0.125. The van der Waals surface area contributed by atoms with E-state index in [0.717, 1.165) is 11.1 Å². The Bertz CT molecular complexity index is 839. The van der Waals surface area contributed by atoms with E-state index in [1.807, 2.05) is 6.07 Å². The van der Waals surface area contributed by atoms with E-state index in [1.165, 1.54) is 12.1 Å². The van der Waals surface area contributed by atoms with Crippen LogP contribution in [-0.2, 0) is 17.8 Å². The van der Waals surface area contributed by atoms with Gasteiger partial charge in [0.05, 0.1) is 11.2 Å². The lowest BCUT2D eigenvalue weighted by Crippen LogP contribution is -2.20. The number of carbonyl (C=O) groups excluding carboxylic acids is 1. The maximum absolute atomic E-state index is 13.0. The van der Waals surface area contributed by atoms with Gasteiger partial charge in [0, 0.05) is 6.42 Å². The van der Waals surface area contributed by atoms with Crippen LogP contribution in [0.3, 0.4) is 0 Å². The van der Waals surface area contributed by atoms with Crippen LogP contribution in [0.4, 0.5) is 10.1 Å². The van der Waals surface area contributed by atoms with E-state index < -0.39 is 5.91 Å². The number of hydrogen-bond donors (Lipinski definition) is 2. The number of amides is 1. The maximum atomic E-state index is 13.0. The number of anilines is 1. The molecule has 3 aromatic rings. The lowest BCUT2D eigenvalue weighted by molar-refractivity contribution is -0.118. The molecule has 0 fully saturated rings. The van der Waals surface area contributed by atoms with Gasteiger partial charge in [0.25, 0.3) is 0 Å². The molecule has 112 valence electrons. The van der Waals surface area contributed by atoms with Crippen molar-refractivity contribution in [1.82, 2.24) is 9.55 Å². The van der Waals surface area contributed by atoms with E-state index in [-0.39, 0.29) is 12.4 Å². The summed E-state index contributed by atoms with van der Waals surface area (Å²) in [4.78, 5) is 15.9. The van der Waals surface area contributed by atoms with Gasteiger partial charge in [-0.25, -0.2) is 9.37 Å². The summed E-state index contributed by atoms with van der Waals surface area (Å²) in [5.74, 6) is -0.0842. The first-order chi connectivity index (χ1) is 10.5. The van der Waals surface area contributed by atoms with Gasteiger partial charge in [-0.05, 0) is 29.8 Å². The number of hydrogen-bond acceptors (Lipinski definition) is 3. The average Bonchev–Trinajstić information content (AvgIpc) is 2.81. The Hall–Kier alpha value is -2.89. The Morgan fingerprint density at radius 3 is 2.59 bits per heavy atom. The summed E-state index contributed by atoms with van der Waals surface area (Å²) in [6.07, 6.45) is 0.460. The standard InChI is InChI=1S/C16H15FN4O/c17-11-6-4-10(5-7-11)8-15-20-16-12(18)2-1-3-13(16)21(15)9-14(19)22/h1-7H,8-9,18H2,(H2,19,22). The highest BCUT2D eigenvalue weighted by Gasteiger charge is 2.14. The molecule has 22 heavy (non-hydrogen) atoms. The summed E-state index contributed by atoms with van der Waals surface area (Å²) in [5.41, 5.74) is 14.1. The van der Waals surface area contributed by atoms with Crippen LogP contribution in [0.1, 0.15) is 11.4 Å². The van der Waals surface area contributed by atoms with E-state index in [4.69, 9.17) is 11.5 Å². The Kier molecular flexibility index (Phi) is 3.50. The Morgan fingerprint density at radius 1 is 1.18 bits per heavy atom. The predicted molar refractivity (Wildman–Crippen MR) is 82.5 cm³/mol. The van der Waals surface area contributed by atoms with Crippen molar-refractivity contribution in [2.45, 2.75) is 13.0 Å². The zero-order valence-electron chi connectivity index (χ0n) is 11.8. The summed E-state index contributed by atoms with van der Waals surface area (Å²) in [6.45, 7) is 0.0243. The third-order valence-corrected chi connectivity index (χ3v) is 3.48. The first kappa shape index (κ1) is 14.1. The van der Waals surface area contributed by atoms with E-state index in [9.17, 15) is 9.18 Å². The second kappa shape index (κ2) is 5.48. The van der Waals surface area contributed by atoms with Crippen LogP contribution in [0.2, 0.25) is 0 Å². The molecule has 2 aromatic carbocycles. The molecule has 0 radical (unpaired) electrons. The molecule has 3 rings (SSSR count). The van der Waals surface area contributed by atoms with Crippen LogP contribution < -0.4 is 11.5 Å². The molecule has 0 aliphatic carbocycles. The van der Waals surface area contributed by atoms with Crippen molar-refractivity contribution in [3.05, 3.63) is 59.7 Å². The smallest absolute Gasteiger partial charge is 0.237 e. The van der Waals surface area contributed by atoms with Gasteiger partial charge in [-0.1, -0.05) is 18.2 Å². The van der Waals surface area contributed by atoms with Crippen molar-refractivity contribution in [2.24, 2.45) is 5.73 Å². The highest BCUT2D eigenvalue weighted by atomic mass is 19.1. The van der Waals surface area contributed by atoms with Gasteiger partial charge < -0.3 is 16.0 Å². The highest BCUT2D eigenvalue weighted by Crippen LogP contribution is 2.23. The van der Waals surface area contributed by atoms with E-state index in [2.05, 4.69) is 4.98 Å². The minimum atomic E-state index is -0.456. The number of nitrogen functional groups attached to an aromatic ring is 1. The van der Waals surface area contributed by atoms with E-state index >= 15 is 0 Å². The van der Waals surface area contributed by atoms with Crippen molar-refractivity contribution >= 4 is 22.6 Å². The van der Waals surface area contributed by atoms with Crippen LogP contribution in [0, 0.1) is 5.82 Å². The lowest BCUT2D eigenvalue weighted by Gasteiger charge is -2.07. The number of para-hydroxylation sites is 1. The number of nitrogens with zero attached hydrogens (tertiary/aromatic N) is 2. The average molecular weight is 298 g/mol. The van der Waals surface area contributed by atoms with Crippen molar-refractivity contribution in [2.75, 3.05) is 5.73 Å². The fourth-order valence-electron chi connectivity index (χ4n) is 2.47. The number of carbonyl (C=O) groups is 1. The number of benzene rings is 2. The molecule has 0 unspecified atom stereocenters. The predicted octanol–water partition coefficient (Wildman–Crippen LogP) is 1.83. The summed E-state index contributed by atoms with van der Waals surface area (Å²) in [7, 11) is 0. The SMILES string of the molecule is NC(=O)Cn1c(Cc2ccc(F)cc2)nc2c(N)cccc21. The summed E-state index contributed by atoms with van der Waals surface area (Å²) >= 11 is 0. The summed E-state index contributed by atoms with van der Waals surface area (Å²) in [6, 6.07) is 11.6.